The predicted molar refractivity (Wildman–Crippen MR) is 112 cm³/mol. The van der Waals surface area contributed by atoms with E-state index in [2.05, 4.69) is 15.6 Å². The molecule has 3 aromatic heterocycles. The average molecular weight is 428 g/mol. The number of amides is 2. The van der Waals surface area contributed by atoms with Crippen molar-refractivity contribution >= 4 is 50.7 Å². The molecule has 0 unspecified atom stereocenters. The van der Waals surface area contributed by atoms with Gasteiger partial charge in [-0.1, -0.05) is 12.1 Å². The maximum absolute atomic E-state index is 12.4. The number of carbonyl (C=O) groups is 2. The summed E-state index contributed by atoms with van der Waals surface area (Å²) in [7, 11) is 0. The van der Waals surface area contributed by atoms with Crippen molar-refractivity contribution < 1.29 is 14.0 Å². The normalized spacial score (nSPS) is 10.9. The van der Waals surface area contributed by atoms with Crippen molar-refractivity contribution in [2.45, 2.75) is 20.0 Å². The number of carbonyl (C=O) groups excluding carboxylic acids is 2. The molecular formula is C19H16N4O4S2. The number of nitrogens with one attached hydrogen (secondary N) is 2. The number of fused-ring (bicyclic) bond motifs is 1. The Balaban J connectivity index is 1.44. The SMILES string of the molecule is CC(=O)NCc1ccc(-c2csc(NC(=O)Cn3c(=O)oc4ccccc43)n2)s1. The summed E-state index contributed by atoms with van der Waals surface area (Å²) >= 11 is 2.83. The van der Waals surface area contributed by atoms with Gasteiger partial charge in [0.2, 0.25) is 11.8 Å². The van der Waals surface area contributed by atoms with Gasteiger partial charge in [-0.05, 0) is 24.3 Å². The minimum Gasteiger partial charge on any atom is -0.408 e. The summed E-state index contributed by atoms with van der Waals surface area (Å²) in [5.74, 6) is -1.02. The largest absolute Gasteiger partial charge is 0.420 e. The van der Waals surface area contributed by atoms with E-state index in [0.717, 1.165) is 15.4 Å². The molecular weight excluding hydrogens is 412 g/mol. The van der Waals surface area contributed by atoms with Gasteiger partial charge in [0.15, 0.2) is 10.7 Å². The van der Waals surface area contributed by atoms with Gasteiger partial charge in [-0.15, -0.1) is 22.7 Å². The van der Waals surface area contributed by atoms with Gasteiger partial charge in [-0.3, -0.25) is 14.2 Å². The summed E-state index contributed by atoms with van der Waals surface area (Å²) in [6.45, 7) is 1.79. The van der Waals surface area contributed by atoms with Gasteiger partial charge in [-0.2, -0.15) is 0 Å². The van der Waals surface area contributed by atoms with Gasteiger partial charge < -0.3 is 15.1 Å². The molecule has 1 aromatic carbocycles. The van der Waals surface area contributed by atoms with Gasteiger partial charge in [0.1, 0.15) is 6.54 Å². The van der Waals surface area contributed by atoms with E-state index in [1.54, 1.807) is 24.3 Å². The second-order valence-corrected chi connectivity index (χ2v) is 8.21. The molecule has 8 nitrogen and oxygen atoms in total. The highest BCUT2D eigenvalue weighted by Gasteiger charge is 2.14. The van der Waals surface area contributed by atoms with E-state index in [9.17, 15) is 14.4 Å². The summed E-state index contributed by atoms with van der Waals surface area (Å²) in [5, 5.41) is 7.78. The highest BCUT2D eigenvalue weighted by atomic mass is 32.1. The molecule has 0 radical (unpaired) electrons. The number of hydrogen-bond acceptors (Lipinski definition) is 7. The third-order valence-electron chi connectivity index (χ3n) is 4.05. The molecule has 4 aromatic rings. The zero-order valence-corrected chi connectivity index (χ0v) is 16.9. The number of aromatic nitrogens is 2. The summed E-state index contributed by atoms with van der Waals surface area (Å²) in [6, 6.07) is 10.8. The van der Waals surface area contributed by atoms with Crippen LogP contribution in [-0.4, -0.2) is 21.4 Å². The van der Waals surface area contributed by atoms with Crippen molar-refractivity contribution in [2.24, 2.45) is 0 Å². The molecule has 0 fully saturated rings. The zero-order chi connectivity index (χ0) is 20.4. The third kappa shape index (κ3) is 4.28. The molecule has 0 aliphatic heterocycles. The first-order chi connectivity index (χ1) is 14.0. The minimum absolute atomic E-state index is 0.0804. The number of hydrogen-bond donors (Lipinski definition) is 2. The molecule has 4 rings (SSSR count). The van der Waals surface area contributed by atoms with Gasteiger partial charge >= 0.3 is 5.76 Å². The van der Waals surface area contributed by atoms with Crippen molar-refractivity contribution in [2.75, 3.05) is 5.32 Å². The van der Waals surface area contributed by atoms with Crippen LogP contribution in [0.4, 0.5) is 5.13 Å². The number of nitrogens with zero attached hydrogens (tertiary/aromatic N) is 2. The summed E-state index contributed by atoms with van der Waals surface area (Å²) < 4.78 is 6.42. The van der Waals surface area contributed by atoms with Gasteiger partial charge in [-0.25, -0.2) is 9.78 Å². The number of thiazole rings is 1. The van der Waals surface area contributed by atoms with Crippen LogP contribution in [0.2, 0.25) is 0 Å². The first-order valence-electron chi connectivity index (χ1n) is 8.67. The minimum atomic E-state index is -0.577. The quantitative estimate of drug-likeness (QED) is 0.491. The zero-order valence-electron chi connectivity index (χ0n) is 15.3. The van der Waals surface area contributed by atoms with Gasteiger partial charge in [0.25, 0.3) is 0 Å². The van der Waals surface area contributed by atoms with E-state index < -0.39 is 5.76 Å². The lowest BCUT2D eigenvalue weighted by molar-refractivity contribution is -0.119. The fourth-order valence-electron chi connectivity index (χ4n) is 2.73. The van der Waals surface area contributed by atoms with Crippen LogP contribution in [0, 0.1) is 0 Å². The van der Waals surface area contributed by atoms with Gasteiger partial charge in [0.05, 0.1) is 22.6 Å². The number of benzene rings is 1. The molecule has 3 heterocycles. The number of thiophene rings is 1. The molecule has 0 atom stereocenters. The molecule has 0 bridgehead atoms. The van der Waals surface area contributed by atoms with Crippen molar-refractivity contribution in [3.8, 4) is 10.6 Å². The van der Waals surface area contributed by atoms with Crippen LogP contribution in [0.3, 0.4) is 0 Å². The number of rotatable bonds is 6. The second kappa shape index (κ2) is 8.02. The maximum atomic E-state index is 12.4. The topological polar surface area (TPSA) is 106 Å². The fraction of sp³-hybridized carbons (Fsp3) is 0.158. The molecule has 0 saturated heterocycles. The Kier molecular flexibility index (Phi) is 5.28. The number of para-hydroxylation sites is 2. The van der Waals surface area contributed by atoms with E-state index >= 15 is 0 Å². The Labute approximate surface area is 172 Å². The van der Waals surface area contributed by atoms with Crippen LogP contribution in [0.25, 0.3) is 21.7 Å². The molecule has 10 heteroatoms. The van der Waals surface area contributed by atoms with Crippen molar-refractivity contribution in [3.63, 3.8) is 0 Å². The first-order valence-corrected chi connectivity index (χ1v) is 10.4. The Hall–Kier alpha value is -3.24. The molecule has 2 amide bonds. The first kappa shape index (κ1) is 19.1. The van der Waals surface area contributed by atoms with E-state index in [0.29, 0.717) is 22.8 Å². The van der Waals surface area contributed by atoms with Gasteiger partial charge in [0, 0.05) is 17.2 Å². The van der Waals surface area contributed by atoms with Crippen molar-refractivity contribution in [1.82, 2.24) is 14.9 Å². The molecule has 0 saturated carbocycles. The Morgan fingerprint density at radius 3 is 2.86 bits per heavy atom. The summed E-state index contributed by atoms with van der Waals surface area (Å²) in [6.07, 6.45) is 0. The standard InChI is InChI=1S/C19H16N4O4S2/c1-11(24)20-8-12-6-7-16(29-12)13-10-28-18(21-13)22-17(25)9-23-14-4-2-3-5-15(14)27-19(23)26/h2-7,10H,8-9H2,1H3,(H,20,24)(H,21,22,25). The third-order valence-corrected chi connectivity index (χ3v) is 5.92. The van der Waals surface area contributed by atoms with E-state index in [1.807, 2.05) is 17.5 Å². The predicted octanol–water partition coefficient (Wildman–Crippen LogP) is 3.05. The summed E-state index contributed by atoms with van der Waals surface area (Å²) in [4.78, 5) is 41.8. The molecule has 0 spiro atoms. The highest BCUT2D eigenvalue weighted by Crippen LogP contribution is 2.30. The summed E-state index contributed by atoms with van der Waals surface area (Å²) in [5.41, 5.74) is 1.75. The van der Waals surface area contributed by atoms with E-state index in [-0.39, 0.29) is 18.4 Å². The lowest BCUT2D eigenvalue weighted by atomic mass is 10.3. The Morgan fingerprint density at radius 1 is 1.21 bits per heavy atom. The smallest absolute Gasteiger partial charge is 0.408 e. The Bertz CT molecular complexity index is 1250. The molecule has 29 heavy (non-hydrogen) atoms. The van der Waals surface area contributed by atoms with Crippen LogP contribution < -0.4 is 16.4 Å². The number of oxazole rings is 1. The number of anilines is 1. The second-order valence-electron chi connectivity index (χ2n) is 6.18. The highest BCUT2D eigenvalue weighted by molar-refractivity contribution is 7.17. The van der Waals surface area contributed by atoms with Crippen LogP contribution >= 0.6 is 22.7 Å². The lowest BCUT2D eigenvalue weighted by Gasteiger charge is -2.02. The molecule has 2 N–H and O–H groups in total. The molecule has 148 valence electrons. The lowest BCUT2D eigenvalue weighted by Crippen LogP contribution is -2.24. The maximum Gasteiger partial charge on any atom is 0.420 e. The van der Waals surface area contributed by atoms with Crippen molar-refractivity contribution in [3.05, 3.63) is 57.2 Å². The van der Waals surface area contributed by atoms with Crippen molar-refractivity contribution in [1.29, 1.82) is 0 Å². The van der Waals surface area contributed by atoms with Crippen LogP contribution in [0.5, 0.6) is 0 Å². The average Bonchev–Trinajstić information content (AvgIpc) is 3.40. The Morgan fingerprint density at radius 2 is 2.03 bits per heavy atom. The van der Waals surface area contributed by atoms with Crippen LogP contribution in [0.1, 0.15) is 11.8 Å². The van der Waals surface area contributed by atoms with E-state index in [4.69, 9.17) is 4.42 Å². The van der Waals surface area contributed by atoms with E-state index in [1.165, 1.54) is 34.2 Å². The molecule has 0 aliphatic rings. The van der Waals surface area contributed by atoms with Crippen LogP contribution in [-0.2, 0) is 22.7 Å². The van der Waals surface area contributed by atoms with Crippen LogP contribution in [0.15, 0.2) is 51.0 Å². The fourth-order valence-corrected chi connectivity index (χ4v) is 4.44. The monoisotopic (exact) mass is 428 g/mol. The molecule has 0 aliphatic carbocycles.